The maximum atomic E-state index is 13.5. The Hall–Kier alpha value is -2.56. The molecule has 11 heteroatoms. The number of rotatable bonds is 4. The minimum Gasteiger partial charge on any atom is -0.444 e. The SMILES string of the molecule is Cc1ccc(S(C)(=O)=O)cc1C(=O)O[C@H](c1ccccc1C(F)(F)F)C(F)(F)F. The molecular formula is C18H14F6O4S. The third-order valence-electron chi connectivity index (χ3n) is 3.93. The van der Waals surface area contributed by atoms with Crippen LogP contribution in [0.2, 0.25) is 0 Å². The second kappa shape index (κ2) is 7.69. The molecule has 2 aromatic carbocycles. The highest BCUT2D eigenvalue weighted by atomic mass is 32.2. The Morgan fingerprint density at radius 1 is 1.00 bits per heavy atom. The second-order valence-electron chi connectivity index (χ2n) is 6.16. The topological polar surface area (TPSA) is 60.4 Å². The molecule has 29 heavy (non-hydrogen) atoms. The molecule has 0 spiro atoms. The van der Waals surface area contributed by atoms with Gasteiger partial charge in [-0.25, -0.2) is 13.2 Å². The number of sulfone groups is 1. The van der Waals surface area contributed by atoms with Gasteiger partial charge in [-0.05, 0) is 30.7 Å². The van der Waals surface area contributed by atoms with Gasteiger partial charge in [0.15, 0.2) is 9.84 Å². The molecule has 2 aromatic rings. The molecule has 0 aliphatic rings. The van der Waals surface area contributed by atoms with Gasteiger partial charge in [-0.15, -0.1) is 0 Å². The molecule has 0 aromatic heterocycles. The molecule has 1 atom stereocenters. The Morgan fingerprint density at radius 2 is 1.59 bits per heavy atom. The van der Waals surface area contributed by atoms with Crippen molar-refractivity contribution >= 4 is 15.8 Å². The lowest BCUT2D eigenvalue weighted by atomic mass is 10.0. The lowest BCUT2D eigenvalue weighted by Crippen LogP contribution is -2.28. The fraction of sp³-hybridized carbons (Fsp3) is 0.278. The van der Waals surface area contributed by atoms with Crippen molar-refractivity contribution in [3.05, 3.63) is 64.7 Å². The highest BCUT2D eigenvalue weighted by molar-refractivity contribution is 7.90. The number of benzene rings is 2. The minimum atomic E-state index is -5.35. The Morgan fingerprint density at radius 3 is 2.10 bits per heavy atom. The van der Waals surface area contributed by atoms with Crippen LogP contribution in [0, 0.1) is 6.92 Å². The molecule has 0 aliphatic heterocycles. The number of carbonyl (C=O) groups is 1. The van der Waals surface area contributed by atoms with Crippen LogP contribution in [0.15, 0.2) is 47.4 Å². The summed E-state index contributed by atoms with van der Waals surface area (Å²) in [7, 11) is -3.79. The van der Waals surface area contributed by atoms with Crippen molar-refractivity contribution < 1.29 is 44.3 Å². The maximum Gasteiger partial charge on any atom is 0.429 e. The van der Waals surface area contributed by atoms with E-state index >= 15 is 0 Å². The summed E-state index contributed by atoms with van der Waals surface area (Å²) in [6.07, 6.45) is -12.8. The number of halogens is 6. The van der Waals surface area contributed by atoms with Gasteiger partial charge >= 0.3 is 18.3 Å². The number of hydrogen-bond acceptors (Lipinski definition) is 4. The van der Waals surface area contributed by atoms with Crippen LogP contribution >= 0.6 is 0 Å². The highest BCUT2D eigenvalue weighted by Gasteiger charge is 2.48. The molecule has 2 rings (SSSR count). The molecule has 4 nitrogen and oxygen atoms in total. The molecule has 0 radical (unpaired) electrons. The molecular weight excluding hydrogens is 426 g/mol. The van der Waals surface area contributed by atoms with Gasteiger partial charge in [0.05, 0.1) is 16.0 Å². The molecule has 0 heterocycles. The first kappa shape index (κ1) is 22.7. The maximum absolute atomic E-state index is 13.5. The summed E-state index contributed by atoms with van der Waals surface area (Å²) < 4.78 is 107. The molecule has 0 saturated heterocycles. The van der Waals surface area contributed by atoms with Gasteiger partial charge in [-0.2, -0.15) is 26.3 Å². The van der Waals surface area contributed by atoms with E-state index in [0.717, 1.165) is 30.5 Å². The number of aryl methyl sites for hydroxylation is 1. The van der Waals surface area contributed by atoms with Gasteiger partial charge in [0, 0.05) is 11.8 Å². The number of esters is 1. The van der Waals surface area contributed by atoms with Crippen LogP contribution in [0.5, 0.6) is 0 Å². The number of carbonyl (C=O) groups excluding carboxylic acids is 1. The lowest BCUT2D eigenvalue weighted by Gasteiger charge is -2.24. The summed E-state index contributed by atoms with van der Waals surface area (Å²) in [5, 5.41) is 0. The number of alkyl halides is 6. The van der Waals surface area contributed by atoms with Crippen LogP contribution in [0.4, 0.5) is 26.3 Å². The summed E-state index contributed by atoms with van der Waals surface area (Å²) >= 11 is 0. The van der Waals surface area contributed by atoms with Crippen LogP contribution < -0.4 is 0 Å². The van der Waals surface area contributed by atoms with Gasteiger partial charge in [-0.3, -0.25) is 0 Å². The van der Waals surface area contributed by atoms with E-state index in [1.165, 1.54) is 13.0 Å². The second-order valence-corrected chi connectivity index (χ2v) is 8.18. The van der Waals surface area contributed by atoms with E-state index in [0.29, 0.717) is 12.1 Å². The van der Waals surface area contributed by atoms with E-state index in [-0.39, 0.29) is 10.5 Å². The van der Waals surface area contributed by atoms with Crippen LogP contribution in [0.3, 0.4) is 0 Å². The third-order valence-corrected chi connectivity index (χ3v) is 5.04. The normalized spacial score (nSPS) is 13.8. The van der Waals surface area contributed by atoms with Gasteiger partial charge in [0.1, 0.15) is 0 Å². The minimum absolute atomic E-state index is 0.0902. The van der Waals surface area contributed by atoms with Crippen LogP contribution in [0.1, 0.15) is 33.2 Å². The van der Waals surface area contributed by atoms with E-state index in [9.17, 15) is 39.6 Å². The molecule has 0 amide bonds. The quantitative estimate of drug-likeness (QED) is 0.503. The number of hydrogen-bond donors (Lipinski definition) is 0. The molecule has 0 N–H and O–H groups in total. The standard InChI is InChI=1S/C18H14F6O4S/c1-10-7-8-11(29(2,26)27)9-13(10)16(25)28-15(18(22,23)24)12-5-3-4-6-14(12)17(19,20)21/h3-9,15H,1-2H3/t15-/m1/s1. The van der Waals surface area contributed by atoms with Crippen molar-refractivity contribution in [2.45, 2.75) is 30.3 Å². The zero-order chi connectivity index (χ0) is 22.2. The van der Waals surface area contributed by atoms with Crippen LogP contribution in [-0.4, -0.2) is 26.8 Å². The van der Waals surface area contributed by atoms with E-state index < -0.39 is 51.0 Å². The monoisotopic (exact) mass is 440 g/mol. The summed E-state index contributed by atoms with van der Waals surface area (Å²) in [5.74, 6) is -1.60. The predicted molar refractivity (Wildman–Crippen MR) is 89.9 cm³/mol. The first-order valence-electron chi connectivity index (χ1n) is 7.87. The molecule has 0 unspecified atom stereocenters. The Labute approximate surface area is 162 Å². The largest absolute Gasteiger partial charge is 0.444 e. The van der Waals surface area contributed by atoms with Gasteiger partial charge in [0.25, 0.3) is 0 Å². The van der Waals surface area contributed by atoms with Crippen molar-refractivity contribution in [1.82, 2.24) is 0 Å². The molecule has 0 saturated carbocycles. The number of ether oxygens (including phenoxy) is 1. The average molecular weight is 440 g/mol. The van der Waals surface area contributed by atoms with Gasteiger partial charge in [0.2, 0.25) is 6.10 Å². The fourth-order valence-corrected chi connectivity index (χ4v) is 3.16. The first-order chi connectivity index (χ1) is 13.1. The van der Waals surface area contributed by atoms with E-state index in [1.54, 1.807) is 0 Å². The van der Waals surface area contributed by atoms with Crippen LogP contribution in [-0.2, 0) is 20.8 Å². The summed E-state index contributed by atoms with van der Waals surface area (Å²) in [6, 6.07) is 6.00. The van der Waals surface area contributed by atoms with Crippen molar-refractivity contribution in [2.24, 2.45) is 0 Å². The fourth-order valence-electron chi connectivity index (χ4n) is 2.51. The smallest absolute Gasteiger partial charge is 0.429 e. The van der Waals surface area contributed by atoms with Gasteiger partial charge < -0.3 is 4.74 Å². The Balaban J connectivity index is 2.53. The summed E-state index contributed by atoms with van der Waals surface area (Å²) in [4.78, 5) is 12.0. The molecule has 158 valence electrons. The van der Waals surface area contributed by atoms with Crippen LogP contribution in [0.25, 0.3) is 0 Å². The van der Waals surface area contributed by atoms with Crippen molar-refractivity contribution in [3.8, 4) is 0 Å². The average Bonchev–Trinajstić information content (AvgIpc) is 2.57. The first-order valence-corrected chi connectivity index (χ1v) is 9.76. The predicted octanol–water partition coefficient (Wildman–Crippen LogP) is 4.88. The van der Waals surface area contributed by atoms with E-state index in [2.05, 4.69) is 4.74 Å². The van der Waals surface area contributed by atoms with Crippen molar-refractivity contribution in [1.29, 1.82) is 0 Å². The zero-order valence-electron chi connectivity index (χ0n) is 14.9. The Bertz CT molecular complexity index is 1030. The van der Waals surface area contributed by atoms with E-state index in [4.69, 9.17) is 0 Å². The summed E-state index contributed by atoms with van der Waals surface area (Å²) in [5.41, 5.74) is -3.30. The molecule has 0 fully saturated rings. The highest BCUT2D eigenvalue weighted by Crippen LogP contribution is 2.42. The zero-order valence-corrected chi connectivity index (χ0v) is 15.7. The third kappa shape index (κ3) is 5.28. The lowest BCUT2D eigenvalue weighted by molar-refractivity contribution is -0.209. The molecule has 0 bridgehead atoms. The Kier molecular flexibility index (Phi) is 6.03. The summed E-state index contributed by atoms with van der Waals surface area (Å²) in [6.45, 7) is 1.31. The van der Waals surface area contributed by atoms with Crippen molar-refractivity contribution in [2.75, 3.05) is 6.26 Å². The van der Waals surface area contributed by atoms with Gasteiger partial charge in [-0.1, -0.05) is 24.3 Å². The van der Waals surface area contributed by atoms with E-state index in [1.807, 2.05) is 0 Å². The molecule has 0 aliphatic carbocycles. The van der Waals surface area contributed by atoms with Crippen molar-refractivity contribution in [3.63, 3.8) is 0 Å².